The molecule has 1 aromatic heterocycles. The minimum Gasteiger partial charge on any atom is -0.496 e. The second-order valence-corrected chi connectivity index (χ2v) is 4.62. The van der Waals surface area contributed by atoms with Gasteiger partial charge in [0, 0.05) is 11.3 Å². The molecule has 3 aromatic rings. The van der Waals surface area contributed by atoms with E-state index < -0.39 is 0 Å². The van der Waals surface area contributed by atoms with Gasteiger partial charge in [-0.05, 0) is 37.3 Å². The van der Waals surface area contributed by atoms with Gasteiger partial charge in [0.05, 0.1) is 18.5 Å². The Balaban J connectivity index is 2.09. The third-order valence-electron chi connectivity index (χ3n) is 3.27. The van der Waals surface area contributed by atoms with Crippen molar-refractivity contribution in [2.24, 2.45) is 0 Å². The Morgan fingerprint density at radius 3 is 2.40 bits per heavy atom. The lowest BCUT2D eigenvalue weighted by Crippen LogP contribution is -1.98. The Kier molecular flexibility index (Phi) is 3.25. The van der Waals surface area contributed by atoms with Gasteiger partial charge in [0.25, 0.3) is 0 Å². The highest BCUT2D eigenvalue weighted by Crippen LogP contribution is 2.29. The number of nitrogens with zero attached hydrogens (tertiary/aromatic N) is 2. The van der Waals surface area contributed by atoms with Gasteiger partial charge in [-0.25, -0.2) is 4.68 Å². The number of aryl methyl sites for hydroxylation is 1. The molecule has 0 aliphatic heterocycles. The summed E-state index contributed by atoms with van der Waals surface area (Å²) < 4.78 is 7.35. The van der Waals surface area contributed by atoms with Crippen LogP contribution in [0.2, 0.25) is 0 Å². The molecule has 3 heteroatoms. The molecule has 0 bridgehead atoms. The van der Waals surface area contributed by atoms with Crippen LogP contribution >= 0.6 is 0 Å². The molecule has 2 aromatic carbocycles. The number of hydrogen-bond acceptors (Lipinski definition) is 2. The van der Waals surface area contributed by atoms with Crippen LogP contribution in [0.25, 0.3) is 16.9 Å². The third kappa shape index (κ3) is 2.18. The van der Waals surface area contributed by atoms with E-state index in [2.05, 4.69) is 13.0 Å². The summed E-state index contributed by atoms with van der Waals surface area (Å²) in [6, 6.07) is 20.1. The van der Waals surface area contributed by atoms with E-state index in [9.17, 15) is 0 Å². The number of benzene rings is 2. The zero-order chi connectivity index (χ0) is 13.9. The van der Waals surface area contributed by atoms with E-state index in [0.717, 1.165) is 28.4 Å². The first-order valence-electron chi connectivity index (χ1n) is 6.55. The average molecular weight is 264 g/mol. The molecule has 0 atom stereocenters. The molecular formula is C17H16N2O. The first-order chi connectivity index (χ1) is 9.79. The van der Waals surface area contributed by atoms with Crippen LogP contribution in [-0.4, -0.2) is 16.9 Å². The highest BCUT2D eigenvalue weighted by atomic mass is 16.5. The molecule has 0 N–H and O–H groups in total. The lowest BCUT2D eigenvalue weighted by atomic mass is 10.1. The first kappa shape index (κ1) is 12.5. The quantitative estimate of drug-likeness (QED) is 0.718. The Morgan fingerprint density at radius 2 is 1.65 bits per heavy atom. The summed E-state index contributed by atoms with van der Waals surface area (Å²) in [6.07, 6.45) is 0. The number of rotatable bonds is 3. The van der Waals surface area contributed by atoms with Crippen LogP contribution in [0.15, 0.2) is 60.7 Å². The molecule has 0 aliphatic carbocycles. The summed E-state index contributed by atoms with van der Waals surface area (Å²) in [4.78, 5) is 0. The summed E-state index contributed by atoms with van der Waals surface area (Å²) in [6.45, 7) is 2.05. The van der Waals surface area contributed by atoms with Gasteiger partial charge in [-0.2, -0.15) is 5.10 Å². The van der Waals surface area contributed by atoms with Gasteiger partial charge in [-0.15, -0.1) is 0 Å². The largest absolute Gasteiger partial charge is 0.496 e. The van der Waals surface area contributed by atoms with E-state index in [0.29, 0.717) is 0 Å². The van der Waals surface area contributed by atoms with Crippen LogP contribution in [0.1, 0.15) is 5.69 Å². The summed E-state index contributed by atoms with van der Waals surface area (Å²) in [5, 5.41) is 4.70. The van der Waals surface area contributed by atoms with E-state index >= 15 is 0 Å². The van der Waals surface area contributed by atoms with Crippen LogP contribution < -0.4 is 4.74 Å². The topological polar surface area (TPSA) is 27.1 Å². The van der Waals surface area contributed by atoms with Crippen LogP contribution in [0, 0.1) is 6.92 Å². The summed E-state index contributed by atoms with van der Waals surface area (Å²) in [5.41, 5.74) is 4.08. The van der Waals surface area contributed by atoms with Gasteiger partial charge in [0.1, 0.15) is 5.75 Å². The molecule has 0 fully saturated rings. The van der Waals surface area contributed by atoms with Gasteiger partial charge in [-0.1, -0.05) is 30.3 Å². The van der Waals surface area contributed by atoms with E-state index in [4.69, 9.17) is 9.84 Å². The second-order valence-electron chi connectivity index (χ2n) is 4.62. The van der Waals surface area contributed by atoms with Crippen molar-refractivity contribution in [1.82, 2.24) is 9.78 Å². The Hall–Kier alpha value is -2.55. The van der Waals surface area contributed by atoms with Crippen LogP contribution in [0.3, 0.4) is 0 Å². The van der Waals surface area contributed by atoms with E-state index in [-0.39, 0.29) is 0 Å². The van der Waals surface area contributed by atoms with Gasteiger partial charge >= 0.3 is 0 Å². The van der Waals surface area contributed by atoms with Crippen molar-refractivity contribution in [3.05, 3.63) is 66.4 Å². The van der Waals surface area contributed by atoms with Crippen molar-refractivity contribution in [2.45, 2.75) is 6.92 Å². The molecule has 0 unspecified atom stereocenters. The average Bonchev–Trinajstić information content (AvgIpc) is 2.90. The molecule has 0 spiro atoms. The van der Waals surface area contributed by atoms with Crippen molar-refractivity contribution in [3.63, 3.8) is 0 Å². The summed E-state index contributed by atoms with van der Waals surface area (Å²) >= 11 is 0. The predicted molar refractivity (Wildman–Crippen MR) is 80.3 cm³/mol. The number of aromatic nitrogens is 2. The van der Waals surface area contributed by atoms with E-state index in [1.165, 1.54) is 0 Å². The van der Waals surface area contributed by atoms with Gasteiger partial charge in [0.2, 0.25) is 0 Å². The molecular weight excluding hydrogens is 248 g/mol. The summed E-state index contributed by atoms with van der Waals surface area (Å²) in [5.74, 6) is 0.838. The number of methoxy groups -OCH3 is 1. The van der Waals surface area contributed by atoms with E-state index in [1.807, 2.05) is 59.3 Å². The van der Waals surface area contributed by atoms with Crippen molar-refractivity contribution >= 4 is 0 Å². The van der Waals surface area contributed by atoms with Crippen LogP contribution in [0.5, 0.6) is 5.75 Å². The monoisotopic (exact) mass is 264 g/mol. The highest BCUT2D eigenvalue weighted by Gasteiger charge is 2.11. The molecule has 3 nitrogen and oxygen atoms in total. The molecule has 100 valence electrons. The smallest absolute Gasteiger partial charge is 0.128 e. The molecule has 0 saturated heterocycles. The standard InChI is InChI=1S/C17H16N2O/c1-13-12-16(15-10-6-7-11-17(15)20-2)18-19(13)14-8-4-3-5-9-14/h3-12H,1-2H3. The maximum absolute atomic E-state index is 5.41. The highest BCUT2D eigenvalue weighted by molar-refractivity contribution is 5.67. The van der Waals surface area contributed by atoms with Gasteiger partial charge in [0.15, 0.2) is 0 Å². The second kappa shape index (κ2) is 5.21. The van der Waals surface area contributed by atoms with Crippen molar-refractivity contribution < 1.29 is 4.74 Å². The molecule has 0 aliphatic rings. The van der Waals surface area contributed by atoms with E-state index in [1.54, 1.807) is 7.11 Å². The normalized spacial score (nSPS) is 10.5. The lowest BCUT2D eigenvalue weighted by molar-refractivity contribution is 0.416. The predicted octanol–water partition coefficient (Wildman–Crippen LogP) is 3.86. The SMILES string of the molecule is COc1ccccc1-c1cc(C)n(-c2ccccc2)n1. The van der Waals surface area contributed by atoms with Gasteiger partial charge < -0.3 is 4.74 Å². The maximum Gasteiger partial charge on any atom is 0.128 e. The minimum atomic E-state index is 0.838. The molecule has 20 heavy (non-hydrogen) atoms. The third-order valence-corrected chi connectivity index (χ3v) is 3.27. The Bertz CT molecular complexity index is 717. The number of ether oxygens (including phenoxy) is 1. The fraction of sp³-hybridized carbons (Fsp3) is 0.118. The lowest BCUT2D eigenvalue weighted by Gasteiger charge is -2.05. The Labute approximate surface area is 118 Å². The fourth-order valence-electron chi connectivity index (χ4n) is 2.29. The molecule has 0 saturated carbocycles. The first-order valence-corrected chi connectivity index (χ1v) is 6.55. The minimum absolute atomic E-state index is 0.838. The molecule has 0 radical (unpaired) electrons. The summed E-state index contributed by atoms with van der Waals surface area (Å²) in [7, 11) is 1.68. The van der Waals surface area contributed by atoms with Crippen molar-refractivity contribution in [1.29, 1.82) is 0 Å². The number of para-hydroxylation sites is 2. The Morgan fingerprint density at radius 1 is 0.950 bits per heavy atom. The molecule has 1 heterocycles. The zero-order valence-electron chi connectivity index (χ0n) is 11.6. The van der Waals surface area contributed by atoms with Gasteiger partial charge in [-0.3, -0.25) is 0 Å². The van der Waals surface area contributed by atoms with Crippen molar-refractivity contribution in [2.75, 3.05) is 7.11 Å². The maximum atomic E-state index is 5.41. The van der Waals surface area contributed by atoms with Crippen LogP contribution in [0.4, 0.5) is 0 Å². The molecule has 3 rings (SSSR count). The zero-order valence-corrected chi connectivity index (χ0v) is 11.6. The van der Waals surface area contributed by atoms with Crippen LogP contribution in [-0.2, 0) is 0 Å². The number of hydrogen-bond donors (Lipinski definition) is 0. The van der Waals surface area contributed by atoms with Crippen molar-refractivity contribution in [3.8, 4) is 22.7 Å². The fourth-order valence-corrected chi connectivity index (χ4v) is 2.29. The molecule has 0 amide bonds.